The molecule has 0 aliphatic rings. The summed E-state index contributed by atoms with van der Waals surface area (Å²) in [6, 6.07) is 0. The van der Waals surface area contributed by atoms with Crippen LogP contribution in [0.4, 0.5) is 0 Å². The van der Waals surface area contributed by atoms with E-state index in [0.717, 1.165) is 0 Å². The van der Waals surface area contributed by atoms with Gasteiger partial charge in [-0.05, 0) is 0 Å². The molecule has 0 spiro atoms. The number of hydrogen-bond acceptors (Lipinski definition) is 2. The first kappa shape index (κ1) is 6.36. The van der Waals surface area contributed by atoms with E-state index in [-0.39, 0.29) is 0 Å². The molecule has 0 radical (unpaired) electrons. The van der Waals surface area contributed by atoms with Gasteiger partial charge >= 0.3 is 42.8 Å². The Kier molecular flexibility index (Phi) is 2.00. The zero-order chi connectivity index (χ0) is 5.21. The molecule has 0 saturated heterocycles. The van der Waals surface area contributed by atoms with Crippen LogP contribution in [0.2, 0.25) is 0 Å². The maximum atomic E-state index is 9.35. The van der Waals surface area contributed by atoms with Crippen molar-refractivity contribution in [3.05, 3.63) is 0 Å². The molecule has 0 aromatic heterocycles. The molecule has 0 fully saturated rings. The number of hydrogen-bond donors (Lipinski definition) is 2. The Morgan fingerprint density at radius 1 is 1.67 bits per heavy atom. The average molecular weight is 155 g/mol. The zero-order valence-corrected chi connectivity index (χ0v) is 4.29. The molecule has 0 aromatic rings. The van der Waals surface area contributed by atoms with E-state index in [1.807, 2.05) is 0 Å². The molecule has 2 N–H and O–H groups in total. The average Bonchev–Trinajstić information content (AvgIpc) is 1.35. The molecule has 0 saturated carbocycles. The maximum absolute atomic E-state index is 9.35. The van der Waals surface area contributed by atoms with Crippen molar-refractivity contribution in [3.63, 3.8) is 0 Å². The second-order valence-corrected chi connectivity index (χ2v) is 2.22. The summed E-state index contributed by atoms with van der Waals surface area (Å²) in [6.45, 7) is 0. The summed E-state index contributed by atoms with van der Waals surface area (Å²) in [6.07, 6.45) is 0. The van der Waals surface area contributed by atoms with Crippen molar-refractivity contribution in [2.45, 2.75) is 0 Å². The fourth-order valence-corrected chi connectivity index (χ4v) is 0. The molecule has 0 aromatic carbocycles. The molecule has 0 bridgehead atoms. The van der Waals surface area contributed by atoms with Crippen molar-refractivity contribution in [1.82, 2.24) is 3.80 Å². The molecule has 4 nitrogen and oxygen atoms in total. The van der Waals surface area contributed by atoms with Gasteiger partial charge < -0.3 is 0 Å². The van der Waals surface area contributed by atoms with Gasteiger partial charge in [0, 0.05) is 0 Å². The second-order valence-electron chi connectivity index (χ2n) is 0.540. The van der Waals surface area contributed by atoms with E-state index in [4.69, 9.17) is 4.55 Å². The predicted octanol–water partition coefficient (Wildman–Crippen LogP) is -1.16. The summed E-state index contributed by atoms with van der Waals surface area (Å²) in [7, 11) is -4.08. The first-order valence-electron chi connectivity index (χ1n) is 0.878. The second kappa shape index (κ2) is 1.88. The minimum atomic E-state index is -4.08. The summed E-state index contributed by atoms with van der Waals surface area (Å²) in [5, 5.41) is 0. The topological polar surface area (TPSA) is 66.4 Å². The van der Waals surface area contributed by atoms with Crippen molar-refractivity contribution in [1.29, 1.82) is 0 Å². The van der Waals surface area contributed by atoms with E-state index >= 15 is 0 Å². The zero-order valence-electron chi connectivity index (χ0n) is 2.49. The Labute approximate surface area is 43.4 Å². The number of nitrogens with one attached hydrogen (secondary N) is 1. The Balaban J connectivity index is 3.85. The van der Waals surface area contributed by atoms with Crippen molar-refractivity contribution < 1.29 is 28.6 Å². The van der Waals surface area contributed by atoms with Gasteiger partial charge in [0.1, 0.15) is 0 Å². The van der Waals surface area contributed by atoms with Crippen LogP contribution >= 0.6 is 0 Å². The molecule has 0 heterocycles. The predicted molar refractivity (Wildman–Crippen MR) is 14.7 cm³/mol. The first-order chi connectivity index (χ1) is 2.56. The Morgan fingerprint density at radius 2 is 1.83 bits per heavy atom. The molecular formula is H2NNiO3S. The summed E-state index contributed by atoms with van der Waals surface area (Å²) >= 11 is 3.44. The Hall–Kier alpha value is 0.364. The van der Waals surface area contributed by atoms with Gasteiger partial charge in [0.25, 0.3) is 0 Å². The number of rotatable bonds is 1. The third-order valence-corrected chi connectivity index (χ3v) is 1.01. The van der Waals surface area contributed by atoms with Crippen LogP contribution in [0.5, 0.6) is 0 Å². The molecule has 0 atom stereocenters. The molecule has 41 valence electrons. The first-order valence-corrected chi connectivity index (χ1v) is 2.81. The summed E-state index contributed by atoms with van der Waals surface area (Å²) in [5.74, 6) is 0. The van der Waals surface area contributed by atoms with E-state index in [2.05, 4.69) is 15.7 Å². The van der Waals surface area contributed by atoms with Crippen molar-refractivity contribution in [2.75, 3.05) is 0 Å². The van der Waals surface area contributed by atoms with Crippen LogP contribution in [0.25, 0.3) is 0 Å². The van der Waals surface area contributed by atoms with E-state index in [9.17, 15) is 8.42 Å². The molecule has 0 aliphatic heterocycles. The van der Waals surface area contributed by atoms with Crippen LogP contribution in [0.1, 0.15) is 0 Å². The van der Waals surface area contributed by atoms with E-state index in [0.29, 0.717) is 0 Å². The van der Waals surface area contributed by atoms with Crippen LogP contribution in [0.15, 0.2) is 0 Å². The van der Waals surface area contributed by atoms with E-state index in [1.165, 1.54) is 3.80 Å². The molecule has 6 heteroatoms. The van der Waals surface area contributed by atoms with Crippen LogP contribution in [0.3, 0.4) is 0 Å². The van der Waals surface area contributed by atoms with Crippen molar-refractivity contribution >= 4 is 10.3 Å². The van der Waals surface area contributed by atoms with Crippen LogP contribution in [0, 0.1) is 0 Å². The molecule has 6 heavy (non-hydrogen) atoms. The quantitative estimate of drug-likeness (QED) is 0.370. The van der Waals surface area contributed by atoms with Gasteiger partial charge in [-0.1, -0.05) is 0 Å². The monoisotopic (exact) mass is 154 g/mol. The van der Waals surface area contributed by atoms with Gasteiger partial charge in [0.05, 0.1) is 0 Å². The van der Waals surface area contributed by atoms with Crippen LogP contribution in [-0.2, 0) is 26.0 Å². The van der Waals surface area contributed by atoms with E-state index < -0.39 is 10.3 Å². The van der Waals surface area contributed by atoms with Crippen LogP contribution in [-0.4, -0.2) is 13.0 Å². The summed E-state index contributed by atoms with van der Waals surface area (Å²) in [5.41, 5.74) is 0. The fraction of sp³-hybridized carbons (Fsp3) is 0. The van der Waals surface area contributed by atoms with Gasteiger partial charge in [-0.2, -0.15) is 0 Å². The summed E-state index contributed by atoms with van der Waals surface area (Å²) in [4.78, 5) is 0. The van der Waals surface area contributed by atoms with Crippen molar-refractivity contribution in [2.24, 2.45) is 0 Å². The van der Waals surface area contributed by atoms with Gasteiger partial charge in [-0.25, -0.2) is 0 Å². The molecule has 0 unspecified atom stereocenters. The van der Waals surface area contributed by atoms with Gasteiger partial charge in [0.15, 0.2) is 0 Å². The van der Waals surface area contributed by atoms with Crippen LogP contribution < -0.4 is 3.80 Å². The van der Waals surface area contributed by atoms with Gasteiger partial charge in [-0.3, -0.25) is 0 Å². The summed E-state index contributed by atoms with van der Waals surface area (Å²) < 4.78 is 27.6. The van der Waals surface area contributed by atoms with E-state index in [1.54, 1.807) is 0 Å². The van der Waals surface area contributed by atoms with Gasteiger partial charge in [-0.15, -0.1) is 0 Å². The standard InChI is InChI=1S/H2NO3S.Ni/c1-5(2,3)4;/h(H2-,1,2,3,4);/q-1;+1. The third kappa shape index (κ3) is 4.36. The fourth-order valence-electron chi connectivity index (χ4n) is 0. The normalized spacial score (nSPS) is 11.8. The Bertz CT molecular complexity index is 113. The Morgan fingerprint density at radius 3 is 1.83 bits per heavy atom. The van der Waals surface area contributed by atoms with Crippen molar-refractivity contribution in [3.8, 4) is 0 Å². The molecule has 0 amide bonds. The van der Waals surface area contributed by atoms with Gasteiger partial charge in [0.2, 0.25) is 0 Å². The molecule has 0 aliphatic carbocycles. The molecular weight excluding hydrogens is 153 g/mol. The minimum absolute atomic E-state index is 1.26. The third-order valence-electron chi connectivity index (χ3n) is 0.0816. The molecule has 0 rings (SSSR count). The SMILES string of the molecule is O=S(=O)(O)[NH][Ni].